The summed E-state index contributed by atoms with van der Waals surface area (Å²) in [5, 5.41) is 14.8. The summed E-state index contributed by atoms with van der Waals surface area (Å²) in [6, 6.07) is 5.18. The van der Waals surface area contributed by atoms with Crippen molar-refractivity contribution in [2.45, 2.75) is 25.0 Å². The van der Waals surface area contributed by atoms with Crippen LogP contribution in [-0.4, -0.2) is 22.5 Å². The van der Waals surface area contributed by atoms with Crippen LogP contribution in [0.1, 0.15) is 18.4 Å². The minimum atomic E-state index is -0.322. The highest BCUT2D eigenvalue weighted by Gasteiger charge is 2.19. The Morgan fingerprint density at radius 3 is 3.06 bits per heavy atom. The summed E-state index contributed by atoms with van der Waals surface area (Å²) >= 11 is 1.95. The average Bonchev–Trinajstić information content (AvgIpc) is 2.80. The average molecular weight is 252 g/mol. The quantitative estimate of drug-likeness (QED) is 0.660. The number of thioether (sulfide) groups is 1. The first-order valence-corrected chi connectivity index (χ1v) is 6.83. The lowest BCUT2D eigenvalue weighted by molar-refractivity contribution is -0.384. The molecular formula is C12H16N2O2S. The number of hydrogen-bond donors (Lipinski definition) is 1. The minimum Gasteiger partial charge on any atom is -0.378 e. The molecule has 1 saturated heterocycles. The Morgan fingerprint density at radius 1 is 1.59 bits per heavy atom. The van der Waals surface area contributed by atoms with E-state index in [0.29, 0.717) is 10.9 Å². The first kappa shape index (κ1) is 12.2. The van der Waals surface area contributed by atoms with Crippen molar-refractivity contribution in [3.63, 3.8) is 0 Å². The van der Waals surface area contributed by atoms with Crippen molar-refractivity contribution in [1.29, 1.82) is 0 Å². The van der Waals surface area contributed by atoms with Gasteiger partial charge in [-0.05, 0) is 31.1 Å². The van der Waals surface area contributed by atoms with E-state index in [9.17, 15) is 10.1 Å². The maximum Gasteiger partial charge on any atom is 0.292 e. The summed E-state index contributed by atoms with van der Waals surface area (Å²) < 4.78 is 0. The lowest BCUT2D eigenvalue weighted by Gasteiger charge is -2.13. The van der Waals surface area contributed by atoms with Gasteiger partial charge in [0.25, 0.3) is 5.69 Å². The van der Waals surface area contributed by atoms with Crippen LogP contribution in [0.4, 0.5) is 11.4 Å². The Hall–Kier alpha value is -1.23. The van der Waals surface area contributed by atoms with Gasteiger partial charge in [0.15, 0.2) is 0 Å². The monoisotopic (exact) mass is 252 g/mol. The van der Waals surface area contributed by atoms with E-state index in [0.717, 1.165) is 12.1 Å². The number of para-hydroxylation sites is 1. The zero-order valence-electron chi connectivity index (χ0n) is 9.81. The van der Waals surface area contributed by atoms with Gasteiger partial charge in [-0.3, -0.25) is 10.1 Å². The topological polar surface area (TPSA) is 55.2 Å². The van der Waals surface area contributed by atoms with Crippen molar-refractivity contribution >= 4 is 23.1 Å². The third-order valence-electron chi connectivity index (χ3n) is 2.98. The van der Waals surface area contributed by atoms with E-state index in [-0.39, 0.29) is 10.6 Å². The third kappa shape index (κ3) is 2.91. The second-order valence-corrected chi connectivity index (χ2v) is 5.65. The number of anilines is 1. The molecule has 1 atom stereocenters. The second kappa shape index (κ2) is 5.40. The smallest absolute Gasteiger partial charge is 0.292 e. The second-order valence-electron chi connectivity index (χ2n) is 4.24. The number of nitro benzene ring substituents is 1. The van der Waals surface area contributed by atoms with Crippen LogP contribution in [0.2, 0.25) is 0 Å². The first-order chi connectivity index (χ1) is 8.18. The predicted molar refractivity (Wildman–Crippen MR) is 71.8 cm³/mol. The molecule has 0 aromatic heterocycles. The van der Waals surface area contributed by atoms with Crippen molar-refractivity contribution in [3.8, 4) is 0 Å². The van der Waals surface area contributed by atoms with Crippen LogP contribution in [0.15, 0.2) is 18.2 Å². The molecule has 0 bridgehead atoms. The molecule has 4 nitrogen and oxygen atoms in total. The molecule has 1 aliphatic rings. The largest absolute Gasteiger partial charge is 0.378 e. The first-order valence-electron chi connectivity index (χ1n) is 5.78. The molecule has 5 heteroatoms. The minimum absolute atomic E-state index is 0.174. The van der Waals surface area contributed by atoms with Gasteiger partial charge in [-0.25, -0.2) is 0 Å². The van der Waals surface area contributed by atoms with Gasteiger partial charge in [0.05, 0.1) is 4.92 Å². The maximum absolute atomic E-state index is 10.9. The Balaban J connectivity index is 2.10. The number of nitrogens with zero attached hydrogens (tertiary/aromatic N) is 1. The molecule has 0 spiro atoms. The molecule has 0 amide bonds. The van der Waals surface area contributed by atoms with Crippen molar-refractivity contribution in [2.75, 3.05) is 17.6 Å². The number of rotatable bonds is 4. The Labute approximate surface area is 105 Å². The third-order valence-corrected chi connectivity index (χ3v) is 4.38. The number of aryl methyl sites for hydroxylation is 1. The molecule has 17 heavy (non-hydrogen) atoms. The van der Waals surface area contributed by atoms with Gasteiger partial charge in [0.2, 0.25) is 0 Å². The van der Waals surface area contributed by atoms with Gasteiger partial charge in [0.1, 0.15) is 5.69 Å². The van der Waals surface area contributed by atoms with Crippen molar-refractivity contribution in [1.82, 2.24) is 0 Å². The van der Waals surface area contributed by atoms with Crippen LogP contribution in [-0.2, 0) is 0 Å². The Bertz CT molecular complexity index is 417. The molecule has 0 saturated carbocycles. The van der Waals surface area contributed by atoms with Gasteiger partial charge in [-0.1, -0.05) is 12.1 Å². The van der Waals surface area contributed by atoms with Crippen LogP contribution in [0.3, 0.4) is 0 Å². The number of nitro groups is 1. The van der Waals surface area contributed by atoms with Gasteiger partial charge < -0.3 is 5.32 Å². The highest BCUT2D eigenvalue weighted by atomic mass is 32.2. The number of hydrogen-bond acceptors (Lipinski definition) is 4. The van der Waals surface area contributed by atoms with Crippen LogP contribution in [0.5, 0.6) is 0 Å². The lowest BCUT2D eigenvalue weighted by atomic mass is 10.1. The molecule has 2 rings (SSSR count). The fraction of sp³-hybridized carbons (Fsp3) is 0.500. The lowest BCUT2D eigenvalue weighted by Crippen LogP contribution is -2.15. The molecule has 1 aromatic rings. The summed E-state index contributed by atoms with van der Waals surface area (Å²) in [5.41, 5.74) is 1.78. The highest BCUT2D eigenvalue weighted by Crippen LogP contribution is 2.30. The summed E-state index contributed by atoms with van der Waals surface area (Å²) in [5.74, 6) is 1.21. The molecule has 0 radical (unpaired) electrons. The van der Waals surface area contributed by atoms with E-state index < -0.39 is 0 Å². The van der Waals surface area contributed by atoms with E-state index >= 15 is 0 Å². The molecule has 1 unspecified atom stereocenters. The molecule has 1 heterocycles. The molecule has 1 aromatic carbocycles. The number of nitrogens with one attached hydrogen (secondary N) is 1. The van der Waals surface area contributed by atoms with Crippen LogP contribution in [0.25, 0.3) is 0 Å². The normalized spacial score (nSPS) is 19.2. The van der Waals surface area contributed by atoms with Crippen molar-refractivity contribution in [3.05, 3.63) is 33.9 Å². The highest BCUT2D eigenvalue weighted by molar-refractivity contribution is 8.00. The zero-order chi connectivity index (χ0) is 12.3. The predicted octanol–water partition coefficient (Wildman–Crippen LogP) is 3.21. The summed E-state index contributed by atoms with van der Waals surface area (Å²) in [6.45, 7) is 2.72. The maximum atomic E-state index is 10.9. The fourth-order valence-corrected chi connectivity index (χ4v) is 3.26. The van der Waals surface area contributed by atoms with E-state index in [1.807, 2.05) is 24.8 Å². The molecule has 0 aliphatic carbocycles. The van der Waals surface area contributed by atoms with E-state index in [1.54, 1.807) is 12.1 Å². The Kier molecular flexibility index (Phi) is 3.89. The van der Waals surface area contributed by atoms with Gasteiger partial charge in [0, 0.05) is 17.9 Å². The molecule has 1 aliphatic heterocycles. The van der Waals surface area contributed by atoms with Crippen LogP contribution < -0.4 is 5.32 Å². The van der Waals surface area contributed by atoms with E-state index in [2.05, 4.69) is 5.32 Å². The zero-order valence-corrected chi connectivity index (χ0v) is 10.6. The van der Waals surface area contributed by atoms with E-state index in [1.165, 1.54) is 18.6 Å². The Morgan fingerprint density at radius 2 is 2.41 bits per heavy atom. The van der Waals surface area contributed by atoms with Gasteiger partial charge in [-0.2, -0.15) is 11.8 Å². The number of benzene rings is 1. The standard InChI is InChI=1S/C12H16N2O2S/c1-9-4-2-6-11(14(15)16)12(9)13-8-10-5-3-7-17-10/h2,4,6,10,13H,3,5,7-8H2,1H3. The van der Waals surface area contributed by atoms with E-state index in [4.69, 9.17) is 0 Å². The van der Waals surface area contributed by atoms with Gasteiger partial charge >= 0.3 is 0 Å². The SMILES string of the molecule is Cc1cccc([N+](=O)[O-])c1NCC1CCCS1. The molecule has 1 N–H and O–H groups in total. The van der Waals surface area contributed by atoms with Gasteiger partial charge in [-0.15, -0.1) is 0 Å². The van der Waals surface area contributed by atoms with Crippen molar-refractivity contribution in [2.24, 2.45) is 0 Å². The summed E-state index contributed by atoms with van der Waals surface area (Å²) in [7, 11) is 0. The molecule has 1 fully saturated rings. The van der Waals surface area contributed by atoms with Crippen LogP contribution >= 0.6 is 11.8 Å². The molecular weight excluding hydrogens is 236 g/mol. The summed E-state index contributed by atoms with van der Waals surface area (Å²) in [4.78, 5) is 10.6. The van der Waals surface area contributed by atoms with Crippen LogP contribution in [0, 0.1) is 17.0 Å². The summed E-state index contributed by atoms with van der Waals surface area (Å²) in [6.07, 6.45) is 2.46. The molecule has 92 valence electrons. The fourth-order valence-electron chi connectivity index (χ4n) is 2.06. The van der Waals surface area contributed by atoms with Crippen molar-refractivity contribution < 1.29 is 4.92 Å².